The average Bonchev–Trinajstić information content (AvgIpc) is 3.08. The summed E-state index contributed by atoms with van der Waals surface area (Å²) in [6, 6.07) is 3.98. The molecule has 0 bridgehead atoms. The van der Waals surface area contributed by atoms with E-state index in [9.17, 15) is 0 Å². The zero-order valence-electron chi connectivity index (χ0n) is 13.6. The van der Waals surface area contributed by atoms with Gasteiger partial charge in [0.1, 0.15) is 0 Å². The molecule has 0 atom stereocenters. The summed E-state index contributed by atoms with van der Waals surface area (Å²) in [5.74, 6) is 0. The molecule has 2 N–H and O–H groups in total. The van der Waals surface area contributed by atoms with E-state index >= 15 is 0 Å². The number of hydrogen-bond acceptors (Lipinski definition) is 4. The van der Waals surface area contributed by atoms with Crippen LogP contribution in [0.15, 0.2) is 30.7 Å². The molecule has 0 amide bonds. The molecule has 0 saturated heterocycles. The first-order valence-corrected chi connectivity index (χ1v) is 8.68. The van der Waals surface area contributed by atoms with E-state index in [4.69, 9.17) is 4.74 Å². The Morgan fingerprint density at radius 3 is 2.96 bits per heavy atom. The number of hydrogen-bond donors (Lipinski definition) is 2. The molecule has 3 rings (SSSR count). The molecule has 0 aromatic carbocycles. The van der Waals surface area contributed by atoms with Crippen molar-refractivity contribution in [1.82, 2.24) is 20.5 Å². The van der Waals surface area contributed by atoms with Gasteiger partial charge >= 0.3 is 0 Å². The summed E-state index contributed by atoms with van der Waals surface area (Å²) in [7, 11) is 0. The van der Waals surface area contributed by atoms with Crippen molar-refractivity contribution in [3.05, 3.63) is 36.3 Å². The van der Waals surface area contributed by atoms with Crippen LogP contribution in [-0.2, 0) is 11.3 Å². The van der Waals surface area contributed by atoms with E-state index in [1.807, 2.05) is 24.5 Å². The van der Waals surface area contributed by atoms with Crippen molar-refractivity contribution in [1.29, 1.82) is 0 Å². The molecule has 1 aliphatic carbocycles. The predicted octanol–water partition coefficient (Wildman–Crippen LogP) is 3.30. The first-order valence-electron chi connectivity index (χ1n) is 8.68. The van der Waals surface area contributed by atoms with E-state index in [-0.39, 0.29) is 0 Å². The fourth-order valence-corrected chi connectivity index (χ4v) is 3.11. The van der Waals surface area contributed by atoms with Gasteiger partial charge in [0, 0.05) is 36.7 Å². The highest BCUT2D eigenvalue weighted by molar-refractivity contribution is 5.61. The highest BCUT2D eigenvalue weighted by atomic mass is 16.5. The molecule has 2 aromatic heterocycles. The van der Waals surface area contributed by atoms with Crippen molar-refractivity contribution in [2.75, 3.05) is 13.2 Å². The second-order valence-corrected chi connectivity index (χ2v) is 6.17. The molecular weight excluding hydrogens is 288 g/mol. The fraction of sp³-hybridized carbons (Fsp3) is 0.556. The summed E-state index contributed by atoms with van der Waals surface area (Å²) in [5.41, 5.74) is 3.29. The summed E-state index contributed by atoms with van der Waals surface area (Å²) < 4.78 is 5.95. The normalized spacial score (nSPS) is 15.8. The lowest BCUT2D eigenvalue weighted by molar-refractivity contribution is 0.0273. The predicted molar refractivity (Wildman–Crippen MR) is 91.0 cm³/mol. The quantitative estimate of drug-likeness (QED) is 0.734. The van der Waals surface area contributed by atoms with Crippen LogP contribution in [0.4, 0.5) is 0 Å². The zero-order valence-corrected chi connectivity index (χ0v) is 13.6. The van der Waals surface area contributed by atoms with Crippen LogP contribution in [0.1, 0.15) is 44.1 Å². The lowest BCUT2D eigenvalue weighted by Crippen LogP contribution is -2.20. The van der Waals surface area contributed by atoms with E-state index in [0.717, 1.165) is 37.4 Å². The van der Waals surface area contributed by atoms with Crippen LogP contribution in [0.5, 0.6) is 0 Å². The van der Waals surface area contributed by atoms with Crippen molar-refractivity contribution < 1.29 is 4.74 Å². The number of ether oxygens (including phenoxy) is 1. The van der Waals surface area contributed by atoms with Gasteiger partial charge in [-0.1, -0.05) is 19.3 Å². The van der Waals surface area contributed by atoms with E-state index in [1.165, 1.54) is 37.7 Å². The second-order valence-electron chi connectivity index (χ2n) is 6.17. The van der Waals surface area contributed by atoms with Gasteiger partial charge in [-0.2, -0.15) is 5.10 Å². The van der Waals surface area contributed by atoms with Crippen molar-refractivity contribution >= 4 is 0 Å². The molecule has 23 heavy (non-hydrogen) atoms. The number of nitrogens with zero attached hydrogens (tertiary/aromatic N) is 2. The number of rotatable bonds is 8. The molecule has 124 valence electrons. The van der Waals surface area contributed by atoms with Crippen LogP contribution in [-0.4, -0.2) is 34.4 Å². The molecule has 2 heterocycles. The molecule has 0 aliphatic heterocycles. The Labute approximate surface area is 137 Å². The third-order valence-electron chi connectivity index (χ3n) is 4.39. The van der Waals surface area contributed by atoms with E-state index < -0.39 is 0 Å². The lowest BCUT2D eigenvalue weighted by atomic mass is 9.98. The largest absolute Gasteiger partial charge is 0.378 e. The topological polar surface area (TPSA) is 62.8 Å². The minimum absolute atomic E-state index is 0.509. The third kappa shape index (κ3) is 4.88. The molecule has 0 radical (unpaired) electrons. The number of pyridine rings is 1. The Morgan fingerprint density at radius 2 is 2.13 bits per heavy atom. The van der Waals surface area contributed by atoms with Crippen LogP contribution >= 0.6 is 0 Å². The maximum atomic E-state index is 5.95. The highest BCUT2D eigenvalue weighted by Crippen LogP contribution is 2.20. The molecular formula is C18H26N4O. The Balaban J connectivity index is 1.36. The van der Waals surface area contributed by atoms with Gasteiger partial charge in [-0.25, -0.2) is 0 Å². The SMILES string of the molecule is c1cncc(-c2[nH]ncc2CNCCCOC2CCCCC2)c1. The van der Waals surface area contributed by atoms with Gasteiger partial charge in [-0.05, 0) is 37.9 Å². The molecule has 1 aliphatic rings. The Morgan fingerprint density at radius 1 is 1.22 bits per heavy atom. The smallest absolute Gasteiger partial charge is 0.0710 e. The van der Waals surface area contributed by atoms with Crippen LogP contribution < -0.4 is 5.32 Å². The fourth-order valence-electron chi connectivity index (χ4n) is 3.11. The summed E-state index contributed by atoms with van der Waals surface area (Å²) >= 11 is 0. The van der Waals surface area contributed by atoms with Gasteiger partial charge in [0.25, 0.3) is 0 Å². The van der Waals surface area contributed by atoms with Gasteiger partial charge in [0.05, 0.1) is 18.0 Å². The highest BCUT2D eigenvalue weighted by Gasteiger charge is 2.13. The van der Waals surface area contributed by atoms with E-state index in [0.29, 0.717) is 6.10 Å². The molecule has 0 unspecified atom stereocenters. The van der Waals surface area contributed by atoms with Crippen molar-refractivity contribution in [2.24, 2.45) is 0 Å². The van der Waals surface area contributed by atoms with Gasteiger partial charge < -0.3 is 10.1 Å². The van der Waals surface area contributed by atoms with E-state index in [2.05, 4.69) is 20.5 Å². The Bertz CT molecular complexity index is 563. The lowest BCUT2D eigenvalue weighted by Gasteiger charge is -2.21. The summed E-state index contributed by atoms with van der Waals surface area (Å²) in [5, 5.41) is 10.7. The average molecular weight is 314 g/mol. The number of nitrogens with one attached hydrogen (secondary N) is 2. The van der Waals surface area contributed by atoms with Crippen molar-refractivity contribution in [2.45, 2.75) is 51.2 Å². The first-order chi connectivity index (χ1) is 11.4. The van der Waals surface area contributed by atoms with Crippen molar-refractivity contribution in [3.8, 4) is 11.3 Å². The molecule has 2 aromatic rings. The van der Waals surface area contributed by atoms with E-state index in [1.54, 1.807) is 6.20 Å². The molecule has 5 heteroatoms. The minimum Gasteiger partial charge on any atom is -0.378 e. The summed E-state index contributed by atoms with van der Waals surface area (Å²) in [6.45, 7) is 2.63. The van der Waals surface area contributed by atoms with Crippen molar-refractivity contribution in [3.63, 3.8) is 0 Å². The molecule has 1 saturated carbocycles. The van der Waals surface area contributed by atoms with Gasteiger partial charge in [-0.15, -0.1) is 0 Å². The van der Waals surface area contributed by atoms with Crippen LogP contribution in [0, 0.1) is 0 Å². The van der Waals surface area contributed by atoms with Gasteiger partial charge in [0.15, 0.2) is 0 Å². The maximum Gasteiger partial charge on any atom is 0.0710 e. The monoisotopic (exact) mass is 314 g/mol. The van der Waals surface area contributed by atoms with Crippen LogP contribution in [0.3, 0.4) is 0 Å². The summed E-state index contributed by atoms with van der Waals surface area (Å²) in [4.78, 5) is 4.16. The number of aromatic amines is 1. The number of aromatic nitrogens is 3. The maximum absolute atomic E-state index is 5.95. The van der Waals surface area contributed by atoms with Gasteiger partial charge in [-0.3, -0.25) is 10.1 Å². The molecule has 0 spiro atoms. The second kappa shape index (κ2) is 8.79. The summed E-state index contributed by atoms with van der Waals surface area (Å²) in [6.07, 6.45) is 13.6. The van der Waals surface area contributed by atoms with Crippen LogP contribution in [0.25, 0.3) is 11.3 Å². The number of H-pyrrole nitrogens is 1. The molecule has 1 fully saturated rings. The first kappa shape index (κ1) is 16.1. The Hall–Kier alpha value is -1.72. The standard InChI is InChI=1S/C18H26N4O/c1-2-7-17(8-3-1)23-11-5-10-20-13-16-14-21-22-18(16)15-6-4-9-19-12-15/h4,6,9,12,14,17,20H,1-3,5,7-8,10-11,13H2,(H,21,22). The zero-order chi connectivity index (χ0) is 15.7. The third-order valence-corrected chi connectivity index (χ3v) is 4.39. The molecule has 5 nitrogen and oxygen atoms in total. The van der Waals surface area contributed by atoms with Gasteiger partial charge in [0.2, 0.25) is 0 Å². The Kier molecular flexibility index (Phi) is 6.17. The van der Waals surface area contributed by atoms with Crippen LogP contribution in [0.2, 0.25) is 0 Å². The minimum atomic E-state index is 0.509.